The predicted molar refractivity (Wildman–Crippen MR) is 78.0 cm³/mol. The minimum atomic E-state index is -0.0510. The van der Waals surface area contributed by atoms with Gasteiger partial charge in [0, 0.05) is 11.8 Å². The molecule has 0 amide bonds. The Kier molecular flexibility index (Phi) is 7.08. The van der Waals surface area contributed by atoms with Crippen LogP contribution in [0, 0.1) is 5.41 Å². The molecule has 0 aliphatic heterocycles. The highest BCUT2D eigenvalue weighted by Crippen LogP contribution is 2.51. The second-order valence-electron chi connectivity index (χ2n) is 5.31. The summed E-state index contributed by atoms with van der Waals surface area (Å²) in [7, 11) is 1.48. The molecule has 1 N–H and O–H groups in total. The lowest BCUT2D eigenvalue weighted by Gasteiger charge is -2.19. The van der Waals surface area contributed by atoms with Crippen molar-refractivity contribution in [3.05, 3.63) is 0 Å². The van der Waals surface area contributed by atoms with Crippen LogP contribution in [0.4, 0.5) is 0 Å². The zero-order valence-electron chi connectivity index (χ0n) is 12.0. The van der Waals surface area contributed by atoms with Gasteiger partial charge in [-0.05, 0) is 37.0 Å². The average Bonchev–Trinajstić information content (AvgIpc) is 3.09. The fraction of sp³-hybridized carbons (Fsp3) is 0.929. The highest BCUT2D eigenvalue weighted by atomic mass is 32.2. The summed E-state index contributed by atoms with van der Waals surface area (Å²) in [6.07, 6.45) is 5.45. The SMILES string of the molecule is CCCC(CSCC1(CC(=O)OC)CC1)NCC. The maximum absolute atomic E-state index is 11.3. The Labute approximate surface area is 115 Å². The van der Waals surface area contributed by atoms with E-state index in [-0.39, 0.29) is 11.4 Å². The monoisotopic (exact) mass is 273 g/mol. The van der Waals surface area contributed by atoms with Gasteiger partial charge in [-0.2, -0.15) is 11.8 Å². The van der Waals surface area contributed by atoms with E-state index in [1.165, 1.54) is 32.8 Å². The van der Waals surface area contributed by atoms with Crippen molar-refractivity contribution in [2.24, 2.45) is 5.41 Å². The number of hydrogen-bond acceptors (Lipinski definition) is 4. The summed E-state index contributed by atoms with van der Waals surface area (Å²) in [6.45, 7) is 5.43. The third kappa shape index (κ3) is 5.61. The van der Waals surface area contributed by atoms with E-state index in [4.69, 9.17) is 4.74 Å². The van der Waals surface area contributed by atoms with Crippen molar-refractivity contribution in [1.82, 2.24) is 5.32 Å². The number of ether oxygens (including phenoxy) is 1. The Hall–Kier alpha value is -0.220. The number of rotatable bonds is 10. The van der Waals surface area contributed by atoms with E-state index in [2.05, 4.69) is 19.2 Å². The number of esters is 1. The van der Waals surface area contributed by atoms with E-state index < -0.39 is 0 Å². The molecule has 0 bridgehead atoms. The molecule has 0 aromatic rings. The van der Waals surface area contributed by atoms with Crippen molar-refractivity contribution >= 4 is 17.7 Å². The molecule has 4 heteroatoms. The standard InChI is InChI=1S/C14H27NO2S/c1-4-6-12(15-5-2)10-18-11-14(7-8-14)9-13(16)17-3/h12,15H,4-11H2,1-3H3. The van der Waals surface area contributed by atoms with Gasteiger partial charge in [0.05, 0.1) is 13.5 Å². The van der Waals surface area contributed by atoms with Crippen molar-refractivity contribution < 1.29 is 9.53 Å². The maximum atomic E-state index is 11.3. The first-order chi connectivity index (χ1) is 8.65. The minimum absolute atomic E-state index is 0.0510. The molecule has 0 aromatic heterocycles. The van der Waals surface area contributed by atoms with Crippen LogP contribution < -0.4 is 5.32 Å². The Bertz CT molecular complexity index is 248. The fourth-order valence-electron chi connectivity index (χ4n) is 2.23. The zero-order valence-corrected chi connectivity index (χ0v) is 12.8. The molecule has 0 heterocycles. The molecule has 0 radical (unpaired) electrons. The Morgan fingerprint density at radius 3 is 2.67 bits per heavy atom. The van der Waals surface area contributed by atoms with Crippen molar-refractivity contribution in [1.29, 1.82) is 0 Å². The fourth-order valence-corrected chi connectivity index (χ4v) is 3.74. The first kappa shape index (κ1) is 15.8. The highest BCUT2D eigenvalue weighted by molar-refractivity contribution is 7.99. The minimum Gasteiger partial charge on any atom is -0.469 e. The van der Waals surface area contributed by atoms with Gasteiger partial charge in [-0.25, -0.2) is 0 Å². The van der Waals surface area contributed by atoms with Gasteiger partial charge in [-0.1, -0.05) is 20.3 Å². The third-order valence-electron chi connectivity index (χ3n) is 3.56. The van der Waals surface area contributed by atoms with Gasteiger partial charge in [0.2, 0.25) is 0 Å². The van der Waals surface area contributed by atoms with Gasteiger partial charge in [0.1, 0.15) is 0 Å². The highest BCUT2D eigenvalue weighted by Gasteiger charge is 2.44. The second-order valence-corrected chi connectivity index (χ2v) is 6.34. The van der Waals surface area contributed by atoms with Crippen molar-refractivity contribution in [3.63, 3.8) is 0 Å². The van der Waals surface area contributed by atoms with Gasteiger partial charge >= 0.3 is 5.97 Å². The number of nitrogens with one attached hydrogen (secondary N) is 1. The molecular formula is C14H27NO2S. The van der Waals surface area contributed by atoms with Crippen LogP contribution >= 0.6 is 11.8 Å². The summed E-state index contributed by atoms with van der Waals surface area (Å²) < 4.78 is 4.77. The normalized spacial score (nSPS) is 18.4. The lowest BCUT2D eigenvalue weighted by atomic mass is 10.1. The summed E-state index contributed by atoms with van der Waals surface area (Å²) in [5.41, 5.74) is 0.265. The molecule has 1 fully saturated rings. The molecule has 3 nitrogen and oxygen atoms in total. The van der Waals surface area contributed by atoms with Crippen LogP contribution in [0.15, 0.2) is 0 Å². The lowest BCUT2D eigenvalue weighted by molar-refractivity contribution is -0.141. The molecule has 1 aliphatic rings. The van der Waals surface area contributed by atoms with Crippen LogP contribution in [0.3, 0.4) is 0 Å². The molecule has 0 spiro atoms. The van der Waals surface area contributed by atoms with Crippen LogP contribution in [0.5, 0.6) is 0 Å². The summed E-state index contributed by atoms with van der Waals surface area (Å²) in [6, 6.07) is 0.624. The quantitative estimate of drug-likeness (QED) is 0.621. The van der Waals surface area contributed by atoms with E-state index in [0.717, 1.165) is 18.1 Å². The first-order valence-corrected chi connectivity index (χ1v) is 8.19. The zero-order chi connectivity index (χ0) is 13.4. The van der Waals surface area contributed by atoms with E-state index in [9.17, 15) is 4.79 Å². The Balaban J connectivity index is 2.21. The van der Waals surface area contributed by atoms with Crippen LogP contribution in [-0.4, -0.2) is 37.2 Å². The molecule has 0 aromatic carbocycles. The molecule has 1 aliphatic carbocycles. The van der Waals surface area contributed by atoms with Crippen LogP contribution in [0.1, 0.15) is 46.0 Å². The molecule has 1 atom stereocenters. The molecule has 1 rings (SSSR count). The summed E-state index contributed by atoms with van der Waals surface area (Å²) >= 11 is 1.99. The number of methoxy groups -OCH3 is 1. The Morgan fingerprint density at radius 1 is 1.44 bits per heavy atom. The number of thioether (sulfide) groups is 1. The van der Waals surface area contributed by atoms with E-state index in [1.807, 2.05) is 11.8 Å². The molecule has 18 heavy (non-hydrogen) atoms. The first-order valence-electron chi connectivity index (χ1n) is 7.03. The lowest BCUT2D eigenvalue weighted by Crippen LogP contribution is -2.31. The Morgan fingerprint density at radius 2 is 2.17 bits per heavy atom. The molecule has 0 saturated heterocycles. The smallest absolute Gasteiger partial charge is 0.306 e. The molecule has 1 saturated carbocycles. The van der Waals surface area contributed by atoms with E-state index in [0.29, 0.717) is 12.5 Å². The predicted octanol–water partition coefficient (Wildman–Crippen LogP) is 2.84. The van der Waals surface area contributed by atoms with Gasteiger partial charge < -0.3 is 10.1 Å². The molecule has 106 valence electrons. The van der Waals surface area contributed by atoms with Gasteiger partial charge in [0.15, 0.2) is 0 Å². The summed E-state index contributed by atoms with van der Waals surface area (Å²) in [5, 5.41) is 3.53. The molecule has 1 unspecified atom stereocenters. The van der Waals surface area contributed by atoms with E-state index >= 15 is 0 Å². The maximum Gasteiger partial charge on any atom is 0.306 e. The second kappa shape index (κ2) is 8.05. The summed E-state index contributed by atoms with van der Waals surface area (Å²) in [5.74, 6) is 2.21. The van der Waals surface area contributed by atoms with Crippen LogP contribution in [-0.2, 0) is 9.53 Å². The summed E-state index contributed by atoms with van der Waals surface area (Å²) in [4.78, 5) is 11.3. The van der Waals surface area contributed by atoms with Crippen molar-refractivity contribution in [3.8, 4) is 0 Å². The van der Waals surface area contributed by atoms with Crippen molar-refractivity contribution in [2.45, 2.75) is 52.0 Å². The number of carbonyl (C=O) groups is 1. The van der Waals surface area contributed by atoms with Gasteiger partial charge in [0.25, 0.3) is 0 Å². The molecular weight excluding hydrogens is 246 g/mol. The largest absolute Gasteiger partial charge is 0.469 e. The van der Waals surface area contributed by atoms with Crippen LogP contribution in [0.25, 0.3) is 0 Å². The number of carbonyl (C=O) groups excluding carboxylic acids is 1. The van der Waals surface area contributed by atoms with Gasteiger partial charge in [-0.15, -0.1) is 0 Å². The average molecular weight is 273 g/mol. The van der Waals surface area contributed by atoms with Crippen LogP contribution in [0.2, 0.25) is 0 Å². The van der Waals surface area contributed by atoms with Crippen molar-refractivity contribution in [2.75, 3.05) is 25.2 Å². The third-order valence-corrected chi connectivity index (χ3v) is 5.02. The van der Waals surface area contributed by atoms with E-state index in [1.54, 1.807) is 0 Å². The van der Waals surface area contributed by atoms with Gasteiger partial charge in [-0.3, -0.25) is 4.79 Å². The topological polar surface area (TPSA) is 38.3 Å². The number of hydrogen-bond donors (Lipinski definition) is 1.